The van der Waals surface area contributed by atoms with Crippen molar-refractivity contribution in [1.82, 2.24) is 15.5 Å². The average Bonchev–Trinajstić information content (AvgIpc) is 3.47. The fourth-order valence-corrected chi connectivity index (χ4v) is 4.52. The molecule has 1 heterocycles. The van der Waals surface area contributed by atoms with Gasteiger partial charge in [-0.15, -0.1) is 0 Å². The predicted molar refractivity (Wildman–Crippen MR) is 157 cm³/mol. The van der Waals surface area contributed by atoms with E-state index in [1.165, 1.54) is 11.0 Å². The van der Waals surface area contributed by atoms with Gasteiger partial charge in [0.05, 0.1) is 6.42 Å². The van der Waals surface area contributed by atoms with Crippen molar-refractivity contribution in [1.29, 1.82) is 0 Å². The first kappa shape index (κ1) is 32.8. The number of nitrogens with one attached hydrogen (secondary N) is 2. The molecule has 11 heteroatoms. The van der Waals surface area contributed by atoms with E-state index in [1.54, 1.807) is 75.4 Å². The molecule has 3 rings (SSSR count). The summed E-state index contributed by atoms with van der Waals surface area (Å²) in [4.78, 5) is 67.0. The second-order valence-corrected chi connectivity index (χ2v) is 11.0. The van der Waals surface area contributed by atoms with Gasteiger partial charge in [-0.2, -0.15) is 0 Å². The highest BCUT2D eigenvalue weighted by molar-refractivity contribution is 5.95. The van der Waals surface area contributed by atoms with Gasteiger partial charge >= 0.3 is 18.0 Å². The molecule has 1 saturated heterocycles. The molecule has 0 bridgehead atoms. The minimum atomic E-state index is -1.43. The summed E-state index contributed by atoms with van der Waals surface area (Å²) in [6, 6.07) is 14.0. The van der Waals surface area contributed by atoms with Crippen LogP contribution >= 0.6 is 0 Å². The van der Waals surface area contributed by atoms with Crippen molar-refractivity contribution < 1.29 is 38.2 Å². The summed E-state index contributed by atoms with van der Waals surface area (Å²) in [6.45, 7) is 8.82. The molecule has 1 fully saturated rings. The molecular weight excluding hydrogens is 554 g/mol. The molecule has 0 radical (unpaired) electrons. The highest BCUT2D eigenvalue weighted by Gasteiger charge is 2.40. The van der Waals surface area contributed by atoms with E-state index in [1.807, 2.05) is 6.07 Å². The maximum atomic E-state index is 13.9. The smallest absolute Gasteiger partial charge is 0.408 e. The number of ether oxygens (including phenoxy) is 3. The Bertz CT molecular complexity index is 1280. The zero-order valence-electron chi connectivity index (χ0n) is 24.7. The molecule has 0 aromatic heterocycles. The molecule has 3 atom stereocenters. The third-order valence-electron chi connectivity index (χ3n) is 6.43. The molecule has 0 aliphatic carbocycles. The number of hydrogen-bond acceptors (Lipinski definition) is 8. The quantitative estimate of drug-likeness (QED) is 0.216. The normalized spacial score (nSPS) is 15.9. The largest absolute Gasteiger partial charge is 0.460 e. The van der Waals surface area contributed by atoms with Crippen LogP contribution in [-0.4, -0.2) is 65.6 Å². The molecule has 2 aromatic carbocycles. The first-order valence-corrected chi connectivity index (χ1v) is 14.1. The molecule has 1 aliphatic heterocycles. The molecule has 43 heavy (non-hydrogen) atoms. The number of benzene rings is 2. The number of alkyl carbamates (subject to hydrolysis) is 1. The molecule has 2 N–H and O–H groups in total. The van der Waals surface area contributed by atoms with Gasteiger partial charge in [0, 0.05) is 6.54 Å². The number of likely N-dealkylation sites (tertiary alicyclic amines) is 1. The number of hydrogen-bond donors (Lipinski definition) is 2. The van der Waals surface area contributed by atoms with Gasteiger partial charge in [-0.25, -0.2) is 9.59 Å². The number of nitrogens with zero attached hydrogens (tertiary/aromatic N) is 1. The van der Waals surface area contributed by atoms with Gasteiger partial charge in [0.1, 0.15) is 36.9 Å². The van der Waals surface area contributed by atoms with Gasteiger partial charge in [0.15, 0.2) is 0 Å². The number of carbonyl (C=O) groups excluding carboxylic acids is 5. The summed E-state index contributed by atoms with van der Waals surface area (Å²) in [5, 5.41) is 5.12. The van der Waals surface area contributed by atoms with Crippen molar-refractivity contribution in [3.63, 3.8) is 0 Å². The Morgan fingerprint density at radius 1 is 0.977 bits per heavy atom. The number of carbonyl (C=O) groups is 5. The van der Waals surface area contributed by atoms with Crippen LogP contribution in [-0.2, 0) is 40.0 Å². The lowest BCUT2D eigenvalue weighted by atomic mass is 10.0. The van der Waals surface area contributed by atoms with Crippen molar-refractivity contribution in [2.75, 3.05) is 13.2 Å². The summed E-state index contributed by atoms with van der Waals surface area (Å²) in [6.07, 6.45) is 0.978. The van der Waals surface area contributed by atoms with Gasteiger partial charge in [-0.1, -0.05) is 73.3 Å². The van der Waals surface area contributed by atoms with Crippen molar-refractivity contribution >= 4 is 29.8 Å². The van der Waals surface area contributed by atoms with Gasteiger partial charge in [-0.3, -0.25) is 14.4 Å². The zero-order chi connectivity index (χ0) is 31.4. The molecule has 2 aromatic rings. The minimum Gasteiger partial charge on any atom is -0.460 e. The third kappa shape index (κ3) is 10.3. The van der Waals surface area contributed by atoms with E-state index in [-0.39, 0.29) is 19.8 Å². The van der Waals surface area contributed by atoms with E-state index in [2.05, 4.69) is 17.2 Å². The third-order valence-corrected chi connectivity index (χ3v) is 6.43. The summed E-state index contributed by atoms with van der Waals surface area (Å²) in [5.74, 6) is -2.63. The van der Waals surface area contributed by atoms with Crippen LogP contribution in [0.5, 0.6) is 0 Å². The maximum absolute atomic E-state index is 13.9. The van der Waals surface area contributed by atoms with Crippen LogP contribution in [0.25, 0.3) is 0 Å². The van der Waals surface area contributed by atoms with E-state index >= 15 is 0 Å². The lowest BCUT2D eigenvalue weighted by Gasteiger charge is -2.29. The maximum Gasteiger partial charge on any atom is 0.408 e. The van der Waals surface area contributed by atoms with Crippen molar-refractivity contribution in [2.45, 2.75) is 70.4 Å². The standard InChI is InChI=1S/C32H39N3O8/c1-5-19-41-30(39)25-17-12-18-35(25)29(38)27(23-15-10-7-11-16-23)34-28(37)24(20-26(36)43-32(2,3)4)33-31(40)42-21-22-13-8-6-9-14-22/h5-11,13-16,24-25,27H,1,12,17-21H2,2-4H3,(H,33,40)(H,34,37)/t24?,25-,27?/m1/s1. The second kappa shape index (κ2) is 15.5. The molecule has 2 unspecified atom stereocenters. The highest BCUT2D eigenvalue weighted by Crippen LogP contribution is 2.25. The zero-order valence-corrected chi connectivity index (χ0v) is 24.7. The van der Waals surface area contributed by atoms with Crippen LogP contribution in [0, 0.1) is 0 Å². The lowest BCUT2D eigenvalue weighted by Crippen LogP contribution is -2.53. The highest BCUT2D eigenvalue weighted by atomic mass is 16.6. The van der Waals surface area contributed by atoms with Gasteiger partial charge in [-0.05, 0) is 44.7 Å². The van der Waals surface area contributed by atoms with Crippen molar-refractivity contribution in [2.24, 2.45) is 0 Å². The summed E-state index contributed by atoms with van der Waals surface area (Å²) in [5.41, 5.74) is 0.348. The monoisotopic (exact) mass is 593 g/mol. The van der Waals surface area contributed by atoms with Crippen LogP contribution in [0.2, 0.25) is 0 Å². The minimum absolute atomic E-state index is 0.00853. The van der Waals surface area contributed by atoms with Gasteiger partial charge in [0.25, 0.3) is 5.91 Å². The number of esters is 2. The summed E-state index contributed by atoms with van der Waals surface area (Å²) < 4.78 is 15.8. The van der Waals surface area contributed by atoms with Crippen LogP contribution < -0.4 is 10.6 Å². The Balaban J connectivity index is 1.82. The molecule has 0 spiro atoms. The molecule has 3 amide bonds. The molecule has 230 valence electrons. The average molecular weight is 594 g/mol. The molecule has 11 nitrogen and oxygen atoms in total. The molecular formula is C32H39N3O8. The SMILES string of the molecule is C=CCOC(=O)[C@H]1CCCN1C(=O)C(NC(=O)C(CC(=O)OC(C)(C)C)NC(=O)OCc1ccccc1)c1ccccc1. The summed E-state index contributed by atoms with van der Waals surface area (Å²) in [7, 11) is 0. The number of amides is 3. The predicted octanol–water partition coefficient (Wildman–Crippen LogP) is 3.59. The van der Waals surface area contributed by atoms with Crippen LogP contribution in [0.1, 0.15) is 57.2 Å². The van der Waals surface area contributed by atoms with E-state index in [0.717, 1.165) is 5.56 Å². The van der Waals surface area contributed by atoms with Crippen molar-refractivity contribution in [3.05, 3.63) is 84.4 Å². The number of rotatable bonds is 12. The molecule has 0 saturated carbocycles. The lowest BCUT2D eigenvalue weighted by molar-refractivity contribution is -0.156. The van der Waals surface area contributed by atoms with Crippen LogP contribution in [0.4, 0.5) is 4.79 Å². The molecule has 1 aliphatic rings. The Kier molecular flexibility index (Phi) is 11.9. The van der Waals surface area contributed by atoms with Crippen molar-refractivity contribution in [3.8, 4) is 0 Å². The fraction of sp³-hybridized carbons (Fsp3) is 0.406. The van der Waals surface area contributed by atoms with E-state index in [4.69, 9.17) is 14.2 Å². The van der Waals surface area contributed by atoms with Gasteiger partial charge in [0.2, 0.25) is 5.91 Å². The first-order valence-electron chi connectivity index (χ1n) is 14.1. The van der Waals surface area contributed by atoms with Crippen LogP contribution in [0.15, 0.2) is 73.3 Å². The van der Waals surface area contributed by atoms with Gasteiger partial charge < -0.3 is 29.7 Å². The Hall–Kier alpha value is -4.67. The van der Waals surface area contributed by atoms with Crippen LogP contribution in [0.3, 0.4) is 0 Å². The topological polar surface area (TPSA) is 140 Å². The Labute approximate surface area is 251 Å². The first-order chi connectivity index (χ1) is 20.5. The Morgan fingerprint density at radius 2 is 1.63 bits per heavy atom. The summed E-state index contributed by atoms with van der Waals surface area (Å²) >= 11 is 0. The van der Waals surface area contributed by atoms with E-state index in [0.29, 0.717) is 18.4 Å². The second-order valence-electron chi connectivity index (χ2n) is 11.0. The fourth-order valence-electron chi connectivity index (χ4n) is 4.52. The van der Waals surface area contributed by atoms with E-state index < -0.39 is 60.0 Å². The Morgan fingerprint density at radius 3 is 2.26 bits per heavy atom. The van der Waals surface area contributed by atoms with E-state index in [9.17, 15) is 24.0 Å².